The molecule has 0 aromatic rings. The highest BCUT2D eigenvalue weighted by Crippen LogP contribution is 2.79. The Balaban J connectivity index is 1.45. The fraction of sp³-hybridized carbons (Fsp3) is 0.909. The topological polar surface area (TPSA) is 61.8 Å². The molecule has 0 unspecified atom stereocenters. The van der Waals surface area contributed by atoms with Crippen molar-refractivity contribution in [3.05, 3.63) is 0 Å². The summed E-state index contributed by atoms with van der Waals surface area (Å²) in [6.45, 7) is 8.72. The van der Waals surface area contributed by atoms with Crippen LogP contribution in [0.1, 0.15) is 72.6 Å². The third-order valence-electron chi connectivity index (χ3n) is 9.05. The van der Waals surface area contributed by atoms with Gasteiger partial charge in [-0.15, -0.1) is 0 Å². The van der Waals surface area contributed by atoms with Crippen LogP contribution in [0.5, 0.6) is 0 Å². The molecule has 2 saturated heterocycles. The molecule has 1 spiro atoms. The van der Waals surface area contributed by atoms with Crippen LogP contribution in [0, 0.1) is 39.9 Å². The molecule has 5 heteroatoms. The van der Waals surface area contributed by atoms with Gasteiger partial charge in [-0.3, -0.25) is 9.59 Å². The van der Waals surface area contributed by atoms with E-state index in [9.17, 15) is 9.59 Å². The number of ether oxygens (including phenoxy) is 3. The zero-order chi connectivity index (χ0) is 19.2. The lowest BCUT2D eigenvalue weighted by Crippen LogP contribution is -2.51. The Labute approximate surface area is 161 Å². The van der Waals surface area contributed by atoms with Crippen LogP contribution in [0.25, 0.3) is 0 Å². The van der Waals surface area contributed by atoms with Crippen LogP contribution >= 0.6 is 0 Å². The van der Waals surface area contributed by atoms with Gasteiger partial charge in [0.15, 0.2) is 0 Å². The van der Waals surface area contributed by atoms with Crippen LogP contribution < -0.4 is 0 Å². The maximum atomic E-state index is 12.0. The van der Waals surface area contributed by atoms with Crippen molar-refractivity contribution in [3.63, 3.8) is 0 Å². The SMILES string of the molecule is CC(=O)O[C@@H]1O[C@H]2OC(=O)C[C@@H]1[C@@H]2[C@]1(C)CC[C@@H]2C(C)(C)CCC[C@@]23C[C@@H]13. The molecule has 2 aliphatic heterocycles. The fourth-order valence-electron chi connectivity index (χ4n) is 8.04. The summed E-state index contributed by atoms with van der Waals surface area (Å²) >= 11 is 0. The van der Waals surface area contributed by atoms with Crippen molar-refractivity contribution >= 4 is 11.9 Å². The highest BCUT2D eigenvalue weighted by atomic mass is 16.8. The lowest BCUT2D eigenvalue weighted by atomic mass is 9.51. The maximum absolute atomic E-state index is 12.0. The van der Waals surface area contributed by atoms with E-state index in [1.807, 2.05) is 0 Å². The molecule has 2 heterocycles. The summed E-state index contributed by atoms with van der Waals surface area (Å²) in [6, 6.07) is 0. The Kier molecular flexibility index (Phi) is 3.65. The zero-order valence-electron chi connectivity index (χ0n) is 17.0. The lowest BCUT2D eigenvalue weighted by Gasteiger charge is -2.54. The van der Waals surface area contributed by atoms with Gasteiger partial charge in [0.25, 0.3) is 0 Å². The minimum atomic E-state index is -0.643. The summed E-state index contributed by atoms with van der Waals surface area (Å²) in [7, 11) is 0. The average molecular weight is 376 g/mol. The van der Waals surface area contributed by atoms with Gasteiger partial charge in [0, 0.05) is 18.8 Å². The predicted molar refractivity (Wildman–Crippen MR) is 97.1 cm³/mol. The van der Waals surface area contributed by atoms with Crippen molar-refractivity contribution in [3.8, 4) is 0 Å². The molecule has 0 aromatic heterocycles. The summed E-state index contributed by atoms with van der Waals surface area (Å²) in [5, 5.41) is 0. The molecule has 27 heavy (non-hydrogen) atoms. The zero-order valence-corrected chi connectivity index (χ0v) is 17.0. The van der Waals surface area contributed by atoms with E-state index < -0.39 is 12.6 Å². The lowest BCUT2D eigenvalue weighted by molar-refractivity contribution is -0.215. The van der Waals surface area contributed by atoms with E-state index >= 15 is 0 Å². The van der Waals surface area contributed by atoms with Gasteiger partial charge >= 0.3 is 11.9 Å². The van der Waals surface area contributed by atoms with Gasteiger partial charge in [-0.05, 0) is 60.2 Å². The van der Waals surface area contributed by atoms with Crippen LogP contribution in [0.4, 0.5) is 0 Å². The van der Waals surface area contributed by atoms with Crippen LogP contribution in [-0.2, 0) is 23.8 Å². The molecule has 0 amide bonds. The van der Waals surface area contributed by atoms with Crippen molar-refractivity contribution in [1.82, 2.24) is 0 Å². The Bertz CT molecular complexity index is 686. The molecule has 0 aromatic carbocycles. The molecule has 0 radical (unpaired) electrons. The summed E-state index contributed by atoms with van der Waals surface area (Å²) in [4.78, 5) is 23.6. The number of hydrogen-bond donors (Lipinski definition) is 0. The molecular formula is C22H32O5. The van der Waals surface area contributed by atoms with Crippen LogP contribution in [0.3, 0.4) is 0 Å². The van der Waals surface area contributed by atoms with E-state index in [0.717, 1.165) is 12.3 Å². The molecular weight excluding hydrogens is 344 g/mol. The number of esters is 2. The van der Waals surface area contributed by atoms with Crippen molar-refractivity contribution < 1.29 is 23.8 Å². The molecule has 150 valence electrons. The first-order chi connectivity index (χ1) is 12.7. The second kappa shape index (κ2) is 5.49. The molecule has 3 saturated carbocycles. The highest BCUT2D eigenvalue weighted by Gasteiger charge is 2.74. The van der Waals surface area contributed by atoms with Gasteiger partial charge in [-0.1, -0.05) is 27.2 Å². The molecule has 2 bridgehead atoms. The van der Waals surface area contributed by atoms with E-state index in [4.69, 9.17) is 14.2 Å². The number of rotatable bonds is 2. The fourth-order valence-corrected chi connectivity index (χ4v) is 8.04. The molecule has 5 aliphatic rings. The van der Waals surface area contributed by atoms with Crippen molar-refractivity contribution in [2.45, 2.75) is 85.2 Å². The summed E-state index contributed by atoms with van der Waals surface area (Å²) in [6.07, 6.45) is 6.82. The third-order valence-corrected chi connectivity index (χ3v) is 9.05. The minimum Gasteiger partial charge on any atom is -0.435 e. The Morgan fingerprint density at radius 1 is 1.15 bits per heavy atom. The van der Waals surface area contributed by atoms with Crippen molar-refractivity contribution in [2.24, 2.45) is 39.9 Å². The summed E-state index contributed by atoms with van der Waals surface area (Å²) in [5.74, 6) is 0.966. The molecule has 5 nitrogen and oxygen atoms in total. The summed E-state index contributed by atoms with van der Waals surface area (Å²) < 4.78 is 17.0. The first-order valence-electron chi connectivity index (χ1n) is 10.7. The average Bonchev–Trinajstić information content (AvgIpc) is 3.23. The third kappa shape index (κ3) is 2.39. The standard InChI is InChI=1S/C22H32O5/c1-12(23)25-18-13-10-16(24)26-19(27-18)17(13)21(4)9-6-14-20(2,3)7-5-8-22(14)11-15(21)22/h13-15,17-19H,5-11H2,1-4H3/t13-,14-,15+,17+,18-,19-,21-,22-/m1/s1. The maximum Gasteiger partial charge on any atom is 0.308 e. The van der Waals surface area contributed by atoms with E-state index in [-0.39, 0.29) is 29.2 Å². The molecule has 8 atom stereocenters. The minimum absolute atomic E-state index is 0.0732. The molecule has 3 aliphatic carbocycles. The summed E-state index contributed by atoms with van der Waals surface area (Å²) in [5.41, 5.74) is 1.00. The van der Waals surface area contributed by atoms with Gasteiger partial charge in [-0.2, -0.15) is 0 Å². The van der Waals surface area contributed by atoms with Crippen LogP contribution in [0.15, 0.2) is 0 Å². The number of carbonyl (C=O) groups is 2. The number of carbonyl (C=O) groups excluding carboxylic acids is 2. The molecule has 0 N–H and O–H groups in total. The first-order valence-corrected chi connectivity index (χ1v) is 10.7. The van der Waals surface area contributed by atoms with E-state index in [0.29, 0.717) is 23.2 Å². The van der Waals surface area contributed by atoms with Crippen molar-refractivity contribution in [1.29, 1.82) is 0 Å². The smallest absolute Gasteiger partial charge is 0.308 e. The van der Waals surface area contributed by atoms with Gasteiger partial charge in [0.2, 0.25) is 12.6 Å². The monoisotopic (exact) mass is 376 g/mol. The molecule has 5 rings (SSSR count). The van der Waals surface area contributed by atoms with E-state index in [1.165, 1.54) is 39.0 Å². The Hall–Kier alpha value is -1.10. The quantitative estimate of drug-likeness (QED) is 0.681. The van der Waals surface area contributed by atoms with Crippen LogP contribution in [0.2, 0.25) is 0 Å². The number of fused-ring (bicyclic) bond motifs is 2. The number of hydrogen-bond acceptors (Lipinski definition) is 5. The first kappa shape index (κ1) is 18.0. The highest BCUT2D eigenvalue weighted by molar-refractivity contribution is 5.71. The van der Waals surface area contributed by atoms with Gasteiger partial charge in [-0.25, -0.2) is 0 Å². The van der Waals surface area contributed by atoms with Gasteiger partial charge in [0.1, 0.15) is 0 Å². The van der Waals surface area contributed by atoms with E-state index in [2.05, 4.69) is 20.8 Å². The second-order valence-electron chi connectivity index (χ2n) is 10.8. The van der Waals surface area contributed by atoms with Gasteiger partial charge in [0.05, 0.1) is 6.42 Å². The Morgan fingerprint density at radius 2 is 1.93 bits per heavy atom. The largest absolute Gasteiger partial charge is 0.435 e. The van der Waals surface area contributed by atoms with E-state index in [1.54, 1.807) is 0 Å². The van der Waals surface area contributed by atoms with Crippen molar-refractivity contribution in [2.75, 3.05) is 0 Å². The predicted octanol–water partition coefficient (Wildman–Crippen LogP) is 4.04. The normalized spacial score (nSPS) is 52.4. The van der Waals surface area contributed by atoms with Gasteiger partial charge < -0.3 is 14.2 Å². The molecule has 5 fully saturated rings. The second-order valence-corrected chi connectivity index (χ2v) is 10.8. The van der Waals surface area contributed by atoms with Crippen LogP contribution in [-0.4, -0.2) is 24.5 Å². The Morgan fingerprint density at radius 3 is 2.67 bits per heavy atom.